The summed E-state index contributed by atoms with van der Waals surface area (Å²) in [5.74, 6) is -0.0936. The van der Waals surface area contributed by atoms with Crippen molar-refractivity contribution in [2.45, 2.75) is 6.18 Å². The Kier molecular flexibility index (Phi) is 4.24. The molecule has 0 atom stereocenters. The average molecular weight is 376 g/mol. The van der Waals surface area contributed by atoms with Crippen LogP contribution in [0, 0.1) is 0 Å². The van der Waals surface area contributed by atoms with E-state index in [1.165, 1.54) is 23.4 Å². The highest BCUT2D eigenvalue weighted by atomic mass is 35.5. The summed E-state index contributed by atoms with van der Waals surface area (Å²) in [6.45, 7) is 0. The highest BCUT2D eigenvalue weighted by Crippen LogP contribution is 2.33. The fourth-order valence-electron chi connectivity index (χ4n) is 1.83. The molecule has 12 heteroatoms. The smallest absolute Gasteiger partial charge is 0.324 e. The van der Waals surface area contributed by atoms with Crippen LogP contribution >= 0.6 is 23.2 Å². The number of anilines is 2. The summed E-state index contributed by atoms with van der Waals surface area (Å²) >= 11 is 11.3. The van der Waals surface area contributed by atoms with Crippen molar-refractivity contribution in [2.75, 3.05) is 5.32 Å². The van der Waals surface area contributed by atoms with Crippen molar-refractivity contribution < 1.29 is 13.2 Å². The van der Waals surface area contributed by atoms with Gasteiger partial charge in [-0.25, -0.2) is 9.67 Å². The Hall–Kier alpha value is -2.46. The van der Waals surface area contributed by atoms with Gasteiger partial charge in [-0.3, -0.25) is 0 Å². The zero-order chi connectivity index (χ0) is 17.3. The number of hydrogen-bond acceptors (Lipinski definition) is 6. The normalized spacial score (nSPS) is 11.5. The molecule has 0 aliphatic rings. The van der Waals surface area contributed by atoms with E-state index in [0.29, 0.717) is 0 Å². The molecule has 3 rings (SSSR count). The molecule has 2 heterocycles. The summed E-state index contributed by atoms with van der Waals surface area (Å²) < 4.78 is 40.5. The van der Waals surface area contributed by atoms with E-state index in [1.54, 1.807) is 0 Å². The second-order valence-electron chi connectivity index (χ2n) is 4.43. The van der Waals surface area contributed by atoms with E-state index in [9.17, 15) is 13.2 Å². The number of rotatable bonds is 3. The molecule has 0 bridgehead atoms. The number of halogens is 5. The lowest BCUT2D eigenvalue weighted by Gasteiger charge is -2.13. The molecule has 24 heavy (non-hydrogen) atoms. The predicted octanol–water partition coefficient (Wildman–Crippen LogP) is 3.52. The molecule has 0 unspecified atom stereocenters. The van der Waals surface area contributed by atoms with Crippen molar-refractivity contribution in [1.82, 2.24) is 29.7 Å². The van der Waals surface area contributed by atoms with Crippen LogP contribution in [0.25, 0.3) is 5.69 Å². The molecule has 0 aliphatic heterocycles. The van der Waals surface area contributed by atoms with Crippen LogP contribution in [0.3, 0.4) is 0 Å². The molecule has 124 valence electrons. The standard InChI is InChI=1S/C12H6Cl2F3N7/c13-9-21-10(14)23-11(22-9)20-7-1-6(12(15,16)17)2-8(3-7)24-5-18-4-19-24/h1-5H,(H,20,21,22,23). The third-order valence-corrected chi connectivity index (χ3v) is 3.10. The van der Waals surface area contributed by atoms with Gasteiger partial charge in [-0.2, -0.15) is 33.2 Å². The number of aromatic nitrogens is 6. The van der Waals surface area contributed by atoms with E-state index in [0.717, 1.165) is 12.1 Å². The third kappa shape index (κ3) is 3.71. The average Bonchev–Trinajstić information content (AvgIpc) is 2.99. The molecule has 0 amide bonds. The monoisotopic (exact) mass is 375 g/mol. The van der Waals surface area contributed by atoms with Gasteiger partial charge in [0.15, 0.2) is 0 Å². The van der Waals surface area contributed by atoms with Crippen LogP contribution in [0.2, 0.25) is 10.6 Å². The van der Waals surface area contributed by atoms with Gasteiger partial charge in [0.25, 0.3) is 0 Å². The van der Waals surface area contributed by atoms with Gasteiger partial charge in [0.1, 0.15) is 12.7 Å². The Labute approximate surface area is 142 Å². The predicted molar refractivity (Wildman–Crippen MR) is 79.5 cm³/mol. The number of nitrogens with zero attached hydrogens (tertiary/aromatic N) is 6. The SMILES string of the molecule is FC(F)(F)c1cc(Nc2nc(Cl)nc(Cl)n2)cc(-n2cncn2)c1. The quantitative estimate of drug-likeness (QED) is 0.754. The van der Waals surface area contributed by atoms with Crippen LogP contribution in [0.4, 0.5) is 24.8 Å². The summed E-state index contributed by atoms with van der Waals surface area (Å²) in [5, 5.41) is 6.03. The zero-order valence-electron chi connectivity index (χ0n) is 11.5. The van der Waals surface area contributed by atoms with Crippen molar-refractivity contribution in [1.29, 1.82) is 0 Å². The fourth-order valence-corrected chi connectivity index (χ4v) is 2.20. The van der Waals surface area contributed by atoms with Gasteiger partial charge in [0.2, 0.25) is 16.5 Å². The van der Waals surface area contributed by atoms with Gasteiger partial charge in [0.05, 0.1) is 11.3 Å². The Bertz CT molecular complexity index is 847. The number of hydrogen-bond donors (Lipinski definition) is 1. The fraction of sp³-hybridized carbons (Fsp3) is 0.0833. The highest BCUT2D eigenvalue weighted by Gasteiger charge is 2.31. The first-order valence-corrected chi connectivity index (χ1v) is 6.98. The topological polar surface area (TPSA) is 81.4 Å². The lowest BCUT2D eigenvalue weighted by molar-refractivity contribution is -0.137. The molecule has 0 saturated carbocycles. The van der Waals surface area contributed by atoms with Crippen molar-refractivity contribution in [3.8, 4) is 5.69 Å². The van der Waals surface area contributed by atoms with Gasteiger partial charge >= 0.3 is 6.18 Å². The molecule has 0 spiro atoms. The van der Waals surface area contributed by atoms with E-state index >= 15 is 0 Å². The number of alkyl halides is 3. The van der Waals surface area contributed by atoms with Crippen LogP contribution in [0.15, 0.2) is 30.9 Å². The molecule has 0 aliphatic carbocycles. The maximum absolute atomic E-state index is 13.1. The first-order valence-electron chi connectivity index (χ1n) is 6.23. The Morgan fingerprint density at radius 3 is 2.29 bits per heavy atom. The zero-order valence-corrected chi connectivity index (χ0v) is 13.0. The summed E-state index contributed by atoms with van der Waals surface area (Å²) in [6, 6.07) is 3.24. The molecular formula is C12H6Cl2F3N7. The second-order valence-corrected chi connectivity index (χ2v) is 5.10. The highest BCUT2D eigenvalue weighted by molar-refractivity contribution is 6.31. The van der Waals surface area contributed by atoms with E-state index in [-0.39, 0.29) is 27.9 Å². The van der Waals surface area contributed by atoms with Gasteiger partial charge in [-0.15, -0.1) is 0 Å². The van der Waals surface area contributed by atoms with Crippen LogP contribution in [-0.4, -0.2) is 29.7 Å². The Morgan fingerprint density at radius 2 is 1.71 bits per heavy atom. The van der Waals surface area contributed by atoms with Gasteiger partial charge in [0, 0.05) is 5.69 Å². The minimum atomic E-state index is -4.55. The number of benzene rings is 1. The van der Waals surface area contributed by atoms with Gasteiger partial charge < -0.3 is 5.32 Å². The third-order valence-electron chi connectivity index (χ3n) is 2.77. The molecule has 0 radical (unpaired) electrons. The van der Waals surface area contributed by atoms with E-state index in [1.807, 2.05) is 0 Å². The van der Waals surface area contributed by atoms with Crippen LogP contribution < -0.4 is 5.32 Å². The molecule has 7 nitrogen and oxygen atoms in total. The summed E-state index contributed by atoms with van der Waals surface area (Å²) in [5.41, 5.74) is -0.672. The first-order chi connectivity index (χ1) is 11.3. The van der Waals surface area contributed by atoms with Crippen molar-refractivity contribution >= 4 is 34.8 Å². The summed E-state index contributed by atoms with van der Waals surface area (Å²) in [7, 11) is 0. The van der Waals surface area contributed by atoms with Gasteiger partial charge in [-0.1, -0.05) is 0 Å². The Morgan fingerprint density at radius 1 is 1.00 bits per heavy atom. The molecule has 1 N–H and O–H groups in total. The molecule has 3 aromatic rings. The van der Waals surface area contributed by atoms with Crippen LogP contribution in [0.1, 0.15) is 5.56 Å². The summed E-state index contributed by atoms with van der Waals surface area (Å²) in [4.78, 5) is 14.8. The minimum Gasteiger partial charge on any atom is -0.324 e. The van der Waals surface area contributed by atoms with Crippen LogP contribution in [-0.2, 0) is 6.18 Å². The lowest BCUT2D eigenvalue weighted by Crippen LogP contribution is -2.08. The molecular weight excluding hydrogens is 370 g/mol. The second kappa shape index (κ2) is 6.21. The maximum Gasteiger partial charge on any atom is 0.416 e. The minimum absolute atomic E-state index is 0.0636. The van der Waals surface area contributed by atoms with Crippen molar-refractivity contribution in [3.05, 3.63) is 47.0 Å². The van der Waals surface area contributed by atoms with E-state index in [4.69, 9.17) is 23.2 Å². The maximum atomic E-state index is 13.1. The van der Waals surface area contributed by atoms with Crippen molar-refractivity contribution in [2.24, 2.45) is 0 Å². The van der Waals surface area contributed by atoms with Gasteiger partial charge in [-0.05, 0) is 41.4 Å². The van der Waals surface area contributed by atoms with E-state index in [2.05, 4.69) is 30.4 Å². The van der Waals surface area contributed by atoms with E-state index < -0.39 is 11.7 Å². The van der Waals surface area contributed by atoms with Crippen molar-refractivity contribution in [3.63, 3.8) is 0 Å². The van der Waals surface area contributed by atoms with Crippen LogP contribution in [0.5, 0.6) is 0 Å². The number of nitrogens with one attached hydrogen (secondary N) is 1. The molecule has 1 aromatic carbocycles. The first kappa shape index (κ1) is 16.4. The summed E-state index contributed by atoms with van der Waals surface area (Å²) in [6.07, 6.45) is -2.07. The molecule has 2 aromatic heterocycles. The lowest BCUT2D eigenvalue weighted by atomic mass is 10.1. The largest absolute Gasteiger partial charge is 0.416 e. The molecule has 0 fully saturated rings. The molecule has 0 saturated heterocycles. The Balaban J connectivity index is 2.04.